The van der Waals surface area contributed by atoms with Crippen molar-refractivity contribution in [1.82, 2.24) is 5.32 Å². The summed E-state index contributed by atoms with van der Waals surface area (Å²) in [7, 11) is 0. The summed E-state index contributed by atoms with van der Waals surface area (Å²) in [6, 6.07) is 0. The van der Waals surface area contributed by atoms with Crippen LogP contribution in [0.5, 0.6) is 0 Å². The van der Waals surface area contributed by atoms with E-state index in [1.54, 1.807) is 0 Å². The first-order valence-corrected chi connectivity index (χ1v) is 6.06. The van der Waals surface area contributed by atoms with Crippen LogP contribution in [-0.4, -0.2) is 29.4 Å². The lowest BCUT2D eigenvalue weighted by Crippen LogP contribution is -2.34. The van der Waals surface area contributed by atoms with Crippen molar-refractivity contribution in [3.8, 4) is 0 Å². The van der Waals surface area contributed by atoms with Gasteiger partial charge in [0.25, 0.3) is 0 Å². The molecule has 4 nitrogen and oxygen atoms in total. The number of aliphatic hydroxyl groups is 1. The van der Waals surface area contributed by atoms with Gasteiger partial charge in [-0.15, -0.1) is 0 Å². The van der Waals surface area contributed by atoms with E-state index >= 15 is 0 Å². The highest BCUT2D eigenvalue weighted by Crippen LogP contribution is 2.13. The summed E-state index contributed by atoms with van der Waals surface area (Å²) in [5.41, 5.74) is -0.410. The van der Waals surface area contributed by atoms with Gasteiger partial charge in [0.05, 0.1) is 6.10 Å². The molecule has 0 radical (unpaired) electrons. The fraction of sp³-hybridized carbons (Fsp3) is 0.917. The summed E-state index contributed by atoms with van der Waals surface area (Å²) in [5.74, 6) is 0. The molecule has 0 aliphatic heterocycles. The average molecular weight is 231 g/mol. The van der Waals surface area contributed by atoms with Gasteiger partial charge >= 0.3 is 6.09 Å². The van der Waals surface area contributed by atoms with Crippen LogP contribution in [0.4, 0.5) is 4.79 Å². The zero-order chi connectivity index (χ0) is 12.6. The molecule has 0 aromatic rings. The quantitative estimate of drug-likeness (QED) is 0.662. The Labute approximate surface area is 98.4 Å². The summed E-state index contributed by atoms with van der Waals surface area (Å²) < 4.78 is 5.21. The van der Waals surface area contributed by atoms with Gasteiger partial charge in [0.15, 0.2) is 0 Å². The maximum absolute atomic E-state index is 11.3. The first-order valence-electron chi connectivity index (χ1n) is 6.06. The van der Waals surface area contributed by atoms with Crippen molar-refractivity contribution in [3.05, 3.63) is 0 Å². The van der Waals surface area contributed by atoms with E-state index in [9.17, 15) is 9.90 Å². The molecule has 1 atom stereocenters. The standard InChI is InChI=1S/C12H25NO3/c1-5-10(14)8-7-9-13-11(15)16-12(3,4)6-2/h10,14H,5-9H2,1-4H3,(H,13,15). The number of amides is 1. The number of aliphatic hydroxyl groups excluding tert-OH is 1. The normalized spacial score (nSPS) is 13.3. The molecule has 0 aliphatic carbocycles. The van der Waals surface area contributed by atoms with Crippen molar-refractivity contribution in [2.45, 2.75) is 65.1 Å². The largest absolute Gasteiger partial charge is 0.444 e. The molecule has 4 heteroatoms. The van der Waals surface area contributed by atoms with Crippen LogP contribution in [0.15, 0.2) is 0 Å². The van der Waals surface area contributed by atoms with Gasteiger partial charge < -0.3 is 15.2 Å². The van der Waals surface area contributed by atoms with Crippen LogP contribution in [0.3, 0.4) is 0 Å². The molecule has 0 heterocycles. The number of alkyl carbamates (subject to hydrolysis) is 1. The van der Waals surface area contributed by atoms with Crippen LogP contribution >= 0.6 is 0 Å². The Morgan fingerprint density at radius 3 is 2.56 bits per heavy atom. The third kappa shape index (κ3) is 7.51. The molecule has 0 aromatic carbocycles. The minimum absolute atomic E-state index is 0.259. The van der Waals surface area contributed by atoms with Crippen LogP contribution < -0.4 is 5.32 Å². The number of hydrogen-bond donors (Lipinski definition) is 2. The van der Waals surface area contributed by atoms with Crippen molar-refractivity contribution in [2.75, 3.05) is 6.54 Å². The Morgan fingerprint density at radius 2 is 2.06 bits per heavy atom. The highest BCUT2D eigenvalue weighted by atomic mass is 16.6. The van der Waals surface area contributed by atoms with E-state index in [-0.39, 0.29) is 12.2 Å². The Bertz CT molecular complexity index is 204. The van der Waals surface area contributed by atoms with Gasteiger partial charge in [-0.1, -0.05) is 13.8 Å². The summed E-state index contributed by atoms with van der Waals surface area (Å²) in [6.07, 6.45) is 2.40. The third-order valence-corrected chi connectivity index (χ3v) is 2.68. The van der Waals surface area contributed by atoms with Gasteiger partial charge in [0, 0.05) is 6.54 Å². The molecule has 1 amide bonds. The van der Waals surface area contributed by atoms with Crippen LogP contribution in [0.1, 0.15) is 53.4 Å². The van der Waals surface area contributed by atoms with E-state index in [1.165, 1.54) is 0 Å². The second kappa shape index (κ2) is 7.49. The number of rotatable bonds is 7. The zero-order valence-corrected chi connectivity index (χ0v) is 10.9. The lowest BCUT2D eigenvalue weighted by Gasteiger charge is -2.23. The van der Waals surface area contributed by atoms with Crippen molar-refractivity contribution in [3.63, 3.8) is 0 Å². The van der Waals surface area contributed by atoms with Crippen LogP contribution in [0, 0.1) is 0 Å². The minimum Gasteiger partial charge on any atom is -0.444 e. The van der Waals surface area contributed by atoms with Gasteiger partial charge in [-0.05, 0) is 39.5 Å². The molecule has 0 saturated heterocycles. The van der Waals surface area contributed by atoms with E-state index < -0.39 is 5.60 Å². The van der Waals surface area contributed by atoms with Crippen LogP contribution in [0.2, 0.25) is 0 Å². The van der Waals surface area contributed by atoms with Gasteiger partial charge in [-0.2, -0.15) is 0 Å². The lowest BCUT2D eigenvalue weighted by molar-refractivity contribution is 0.0360. The fourth-order valence-electron chi connectivity index (χ4n) is 1.09. The van der Waals surface area contributed by atoms with Gasteiger partial charge in [-0.3, -0.25) is 0 Å². The van der Waals surface area contributed by atoms with E-state index in [1.807, 2.05) is 27.7 Å². The number of hydrogen-bond acceptors (Lipinski definition) is 3. The summed E-state index contributed by atoms with van der Waals surface area (Å²) >= 11 is 0. The van der Waals surface area contributed by atoms with Crippen molar-refractivity contribution >= 4 is 6.09 Å². The highest BCUT2D eigenvalue weighted by Gasteiger charge is 2.19. The maximum atomic E-state index is 11.3. The smallest absolute Gasteiger partial charge is 0.407 e. The minimum atomic E-state index is -0.410. The summed E-state index contributed by atoms with van der Waals surface area (Å²) in [4.78, 5) is 11.3. The molecule has 2 N–H and O–H groups in total. The second-order valence-corrected chi connectivity index (χ2v) is 4.63. The Hall–Kier alpha value is -0.770. The SMILES string of the molecule is CCC(O)CCCNC(=O)OC(C)(C)CC. The molecule has 0 rings (SSSR count). The van der Waals surface area contributed by atoms with E-state index in [2.05, 4.69) is 5.32 Å². The van der Waals surface area contributed by atoms with E-state index in [0.29, 0.717) is 13.0 Å². The van der Waals surface area contributed by atoms with Gasteiger partial charge in [0.1, 0.15) is 5.60 Å². The molecule has 0 aromatic heterocycles. The monoisotopic (exact) mass is 231 g/mol. The van der Waals surface area contributed by atoms with Crippen molar-refractivity contribution < 1.29 is 14.6 Å². The number of carbonyl (C=O) groups excluding carboxylic acids is 1. The summed E-state index contributed by atoms with van der Waals surface area (Å²) in [6.45, 7) is 8.23. The molecule has 0 saturated carbocycles. The van der Waals surface area contributed by atoms with Crippen LogP contribution in [-0.2, 0) is 4.74 Å². The van der Waals surface area contributed by atoms with Crippen molar-refractivity contribution in [2.24, 2.45) is 0 Å². The van der Waals surface area contributed by atoms with Gasteiger partial charge in [-0.25, -0.2) is 4.79 Å². The molecular formula is C12H25NO3. The third-order valence-electron chi connectivity index (χ3n) is 2.68. The zero-order valence-electron chi connectivity index (χ0n) is 10.9. The molecular weight excluding hydrogens is 206 g/mol. The molecule has 0 fully saturated rings. The fourth-order valence-corrected chi connectivity index (χ4v) is 1.09. The number of nitrogens with one attached hydrogen (secondary N) is 1. The highest BCUT2D eigenvalue weighted by molar-refractivity contribution is 5.67. The molecule has 0 bridgehead atoms. The molecule has 96 valence electrons. The average Bonchev–Trinajstić information content (AvgIpc) is 2.23. The molecule has 0 spiro atoms. The Kier molecular flexibility index (Phi) is 7.13. The Balaban J connectivity index is 3.59. The topological polar surface area (TPSA) is 58.6 Å². The number of ether oxygens (including phenoxy) is 1. The van der Waals surface area contributed by atoms with Gasteiger partial charge in [0.2, 0.25) is 0 Å². The first kappa shape index (κ1) is 15.2. The maximum Gasteiger partial charge on any atom is 0.407 e. The van der Waals surface area contributed by atoms with Crippen molar-refractivity contribution in [1.29, 1.82) is 0 Å². The molecule has 1 unspecified atom stereocenters. The predicted octanol–water partition coefficient (Wildman–Crippen LogP) is 2.45. The second-order valence-electron chi connectivity index (χ2n) is 4.63. The molecule has 0 aliphatic rings. The number of carbonyl (C=O) groups is 1. The van der Waals surface area contributed by atoms with E-state index in [0.717, 1.165) is 19.3 Å². The molecule has 16 heavy (non-hydrogen) atoms. The first-order chi connectivity index (χ1) is 7.41. The predicted molar refractivity (Wildman–Crippen MR) is 64.4 cm³/mol. The lowest BCUT2D eigenvalue weighted by atomic mass is 10.1. The Morgan fingerprint density at radius 1 is 1.44 bits per heavy atom. The summed E-state index contributed by atoms with van der Waals surface area (Å²) in [5, 5.41) is 12.0. The van der Waals surface area contributed by atoms with Crippen LogP contribution in [0.25, 0.3) is 0 Å². The van der Waals surface area contributed by atoms with E-state index in [4.69, 9.17) is 4.74 Å².